The molecule has 4 heteroatoms. The van der Waals surface area contributed by atoms with Crippen molar-refractivity contribution in [2.24, 2.45) is 0 Å². The van der Waals surface area contributed by atoms with Crippen molar-refractivity contribution in [3.8, 4) is 0 Å². The number of carbonyl (C=O) groups is 1. The van der Waals surface area contributed by atoms with Crippen LogP contribution in [-0.2, 0) is 9.53 Å². The van der Waals surface area contributed by atoms with E-state index in [2.05, 4.69) is 45.0 Å². The van der Waals surface area contributed by atoms with Crippen molar-refractivity contribution < 1.29 is 9.53 Å². The molecule has 0 amide bonds. The first-order valence-corrected chi connectivity index (χ1v) is 7.83. The Bertz CT molecular complexity index is 282. The quantitative estimate of drug-likeness (QED) is 0.627. The van der Waals surface area contributed by atoms with Crippen LogP contribution >= 0.6 is 0 Å². The van der Waals surface area contributed by atoms with E-state index in [1.165, 1.54) is 20.0 Å². The molecule has 4 nitrogen and oxygen atoms in total. The van der Waals surface area contributed by atoms with Gasteiger partial charge >= 0.3 is 5.97 Å². The highest BCUT2D eigenvalue weighted by atomic mass is 16.5. The van der Waals surface area contributed by atoms with Crippen molar-refractivity contribution in [3.63, 3.8) is 0 Å². The average Bonchev–Trinajstić information content (AvgIpc) is 2.36. The Kier molecular flexibility index (Phi) is 9.06. The normalized spacial score (nSPS) is 16.2. The minimum atomic E-state index is -0.586. The molecule has 0 aliphatic carbocycles. The van der Waals surface area contributed by atoms with Crippen LogP contribution in [0.25, 0.3) is 0 Å². The Morgan fingerprint density at radius 2 is 1.95 bits per heavy atom. The van der Waals surface area contributed by atoms with Crippen LogP contribution in [0.1, 0.15) is 60.3 Å². The van der Waals surface area contributed by atoms with Gasteiger partial charge in [0.2, 0.25) is 0 Å². The molecule has 20 heavy (non-hydrogen) atoms. The summed E-state index contributed by atoms with van der Waals surface area (Å²) in [6.07, 6.45) is 4.20. The number of esters is 1. The number of rotatable bonds is 10. The summed E-state index contributed by atoms with van der Waals surface area (Å²) in [4.78, 5) is 14.4. The fraction of sp³-hybridized carbons (Fsp3) is 0.938. The standard InChI is InChI=1S/C16H34N2O2/c1-8-10-14(4)18(6)12-9-11-16(5,15(19)20-7)17-13(2)3/h13-14,17H,8-12H2,1-7H3. The van der Waals surface area contributed by atoms with Crippen LogP contribution in [0, 0.1) is 0 Å². The predicted molar refractivity (Wildman–Crippen MR) is 84.9 cm³/mol. The maximum Gasteiger partial charge on any atom is 0.325 e. The van der Waals surface area contributed by atoms with Gasteiger partial charge in [-0.3, -0.25) is 10.1 Å². The van der Waals surface area contributed by atoms with Crippen molar-refractivity contribution in [1.29, 1.82) is 0 Å². The van der Waals surface area contributed by atoms with Gasteiger partial charge in [-0.15, -0.1) is 0 Å². The average molecular weight is 286 g/mol. The number of methoxy groups -OCH3 is 1. The van der Waals surface area contributed by atoms with E-state index >= 15 is 0 Å². The summed E-state index contributed by atoms with van der Waals surface area (Å²) in [5, 5.41) is 3.34. The van der Waals surface area contributed by atoms with Crippen molar-refractivity contribution in [3.05, 3.63) is 0 Å². The molecular weight excluding hydrogens is 252 g/mol. The lowest BCUT2D eigenvalue weighted by molar-refractivity contribution is -0.148. The van der Waals surface area contributed by atoms with Crippen LogP contribution < -0.4 is 5.32 Å². The highest BCUT2D eigenvalue weighted by Crippen LogP contribution is 2.17. The lowest BCUT2D eigenvalue weighted by atomic mass is 9.94. The second kappa shape index (κ2) is 9.35. The van der Waals surface area contributed by atoms with E-state index in [4.69, 9.17) is 4.74 Å². The zero-order chi connectivity index (χ0) is 15.8. The molecule has 0 saturated heterocycles. The zero-order valence-corrected chi connectivity index (χ0v) is 14.5. The molecule has 0 heterocycles. The van der Waals surface area contributed by atoms with E-state index in [1.54, 1.807) is 0 Å². The SMILES string of the molecule is CCCC(C)N(C)CCCC(C)(NC(C)C)C(=O)OC. The summed E-state index contributed by atoms with van der Waals surface area (Å²) < 4.78 is 4.94. The van der Waals surface area contributed by atoms with E-state index < -0.39 is 5.54 Å². The van der Waals surface area contributed by atoms with Crippen molar-refractivity contribution in [2.75, 3.05) is 20.7 Å². The highest BCUT2D eigenvalue weighted by molar-refractivity contribution is 5.80. The van der Waals surface area contributed by atoms with Crippen molar-refractivity contribution >= 4 is 5.97 Å². The van der Waals surface area contributed by atoms with Gasteiger partial charge in [0.15, 0.2) is 0 Å². The van der Waals surface area contributed by atoms with Crippen LogP contribution in [0.3, 0.4) is 0 Å². The first-order valence-electron chi connectivity index (χ1n) is 7.83. The van der Waals surface area contributed by atoms with Gasteiger partial charge in [0.25, 0.3) is 0 Å². The van der Waals surface area contributed by atoms with E-state index in [-0.39, 0.29) is 12.0 Å². The minimum absolute atomic E-state index is 0.171. The Morgan fingerprint density at radius 3 is 2.40 bits per heavy atom. The van der Waals surface area contributed by atoms with Crippen molar-refractivity contribution in [2.45, 2.75) is 77.9 Å². The first-order chi connectivity index (χ1) is 9.26. The number of nitrogens with one attached hydrogen (secondary N) is 1. The number of carbonyl (C=O) groups excluding carboxylic acids is 1. The second-order valence-corrected chi connectivity index (χ2v) is 6.34. The lowest BCUT2D eigenvalue weighted by Crippen LogP contribution is -2.53. The third-order valence-corrected chi connectivity index (χ3v) is 3.89. The number of ether oxygens (including phenoxy) is 1. The topological polar surface area (TPSA) is 41.6 Å². The summed E-state index contributed by atoms with van der Waals surface area (Å²) >= 11 is 0. The highest BCUT2D eigenvalue weighted by Gasteiger charge is 2.34. The number of hydrogen-bond acceptors (Lipinski definition) is 4. The predicted octanol–water partition coefficient (Wildman–Crippen LogP) is 2.82. The van der Waals surface area contributed by atoms with Gasteiger partial charge < -0.3 is 9.64 Å². The molecule has 0 aromatic heterocycles. The Hall–Kier alpha value is -0.610. The summed E-state index contributed by atoms with van der Waals surface area (Å²) in [6.45, 7) is 11.5. The van der Waals surface area contributed by atoms with E-state index in [0.717, 1.165) is 19.4 Å². The third kappa shape index (κ3) is 6.71. The minimum Gasteiger partial charge on any atom is -0.468 e. The lowest BCUT2D eigenvalue weighted by Gasteiger charge is -2.31. The number of hydrogen-bond donors (Lipinski definition) is 1. The maximum absolute atomic E-state index is 12.0. The Balaban J connectivity index is 4.37. The fourth-order valence-electron chi connectivity index (χ4n) is 2.64. The molecule has 0 bridgehead atoms. The summed E-state index contributed by atoms with van der Waals surface area (Å²) in [6, 6.07) is 0.860. The Labute approximate surface area is 125 Å². The van der Waals surface area contributed by atoms with E-state index in [1.807, 2.05) is 6.92 Å². The molecular formula is C16H34N2O2. The first kappa shape index (κ1) is 19.4. The van der Waals surface area contributed by atoms with Crippen LogP contribution in [0.4, 0.5) is 0 Å². The molecule has 0 aromatic carbocycles. The smallest absolute Gasteiger partial charge is 0.325 e. The van der Waals surface area contributed by atoms with Crippen molar-refractivity contribution in [1.82, 2.24) is 10.2 Å². The summed E-state index contributed by atoms with van der Waals surface area (Å²) in [5.74, 6) is -0.171. The number of nitrogens with zero attached hydrogens (tertiary/aromatic N) is 1. The van der Waals surface area contributed by atoms with Gasteiger partial charge in [0.05, 0.1) is 7.11 Å². The molecule has 0 rings (SSSR count). The van der Waals surface area contributed by atoms with Gasteiger partial charge in [0, 0.05) is 12.1 Å². The molecule has 2 unspecified atom stereocenters. The molecule has 0 aliphatic rings. The van der Waals surface area contributed by atoms with Crippen LogP contribution in [-0.4, -0.2) is 49.2 Å². The summed E-state index contributed by atoms with van der Waals surface area (Å²) in [7, 11) is 3.61. The Morgan fingerprint density at radius 1 is 1.35 bits per heavy atom. The molecule has 0 spiro atoms. The van der Waals surface area contributed by atoms with Crippen LogP contribution in [0.5, 0.6) is 0 Å². The molecule has 0 aromatic rings. The van der Waals surface area contributed by atoms with Gasteiger partial charge in [-0.2, -0.15) is 0 Å². The third-order valence-electron chi connectivity index (χ3n) is 3.89. The van der Waals surface area contributed by atoms with Gasteiger partial charge in [-0.05, 0) is 60.5 Å². The van der Waals surface area contributed by atoms with Gasteiger partial charge in [-0.1, -0.05) is 13.3 Å². The maximum atomic E-state index is 12.0. The molecule has 0 saturated carbocycles. The molecule has 1 N–H and O–H groups in total. The zero-order valence-electron chi connectivity index (χ0n) is 14.5. The van der Waals surface area contributed by atoms with Crippen LogP contribution in [0.15, 0.2) is 0 Å². The molecule has 0 fully saturated rings. The van der Waals surface area contributed by atoms with Crippen LogP contribution in [0.2, 0.25) is 0 Å². The van der Waals surface area contributed by atoms with E-state index in [9.17, 15) is 4.79 Å². The van der Waals surface area contributed by atoms with Gasteiger partial charge in [-0.25, -0.2) is 0 Å². The van der Waals surface area contributed by atoms with Gasteiger partial charge in [0.1, 0.15) is 5.54 Å². The molecule has 2 atom stereocenters. The second-order valence-electron chi connectivity index (χ2n) is 6.34. The van der Waals surface area contributed by atoms with E-state index in [0.29, 0.717) is 6.04 Å². The monoisotopic (exact) mass is 286 g/mol. The molecule has 0 aliphatic heterocycles. The molecule has 120 valence electrons. The molecule has 0 radical (unpaired) electrons. The summed E-state index contributed by atoms with van der Waals surface area (Å²) in [5.41, 5.74) is -0.586. The largest absolute Gasteiger partial charge is 0.468 e. The fourth-order valence-corrected chi connectivity index (χ4v) is 2.64.